The lowest BCUT2D eigenvalue weighted by atomic mass is 10.3. The van der Waals surface area contributed by atoms with E-state index in [0.717, 1.165) is 17.4 Å². The summed E-state index contributed by atoms with van der Waals surface area (Å²) < 4.78 is 33.8. The third-order valence-electron chi connectivity index (χ3n) is 1.25. The van der Waals surface area contributed by atoms with Crippen molar-refractivity contribution in [3.63, 3.8) is 0 Å². The monoisotopic (exact) mass is 222 g/mol. The normalized spacial score (nSPS) is 11.2. The number of methoxy groups -OCH3 is 1. The zero-order valence-corrected chi connectivity index (χ0v) is 8.18. The fraction of sp³-hybridized carbons (Fsp3) is 0.167. The van der Waals surface area contributed by atoms with Crippen molar-refractivity contribution in [2.75, 3.05) is 7.11 Å². The fourth-order valence-corrected chi connectivity index (χ4v) is 2.19. The summed E-state index contributed by atoms with van der Waals surface area (Å²) in [5.74, 6) is -0.633. The second kappa shape index (κ2) is 3.44. The van der Waals surface area contributed by atoms with Crippen LogP contribution in [0.4, 0.5) is 0 Å². The van der Waals surface area contributed by atoms with E-state index in [1.807, 2.05) is 0 Å². The maximum atomic E-state index is 10.9. The molecule has 1 rings (SSSR count). The van der Waals surface area contributed by atoms with Crippen LogP contribution in [0.1, 0.15) is 10.4 Å². The molecule has 0 atom stereocenters. The average molecular weight is 222 g/mol. The van der Waals surface area contributed by atoms with E-state index in [0.29, 0.717) is 0 Å². The van der Waals surface area contributed by atoms with E-state index >= 15 is 0 Å². The molecule has 0 aliphatic rings. The Kier molecular flexibility index (Phi) is 2.69. The first-order valence-electron chi connectivity index (χ1n) is 3.09. The van der Waals surface area contributed by atoms with Gasteiger partial charge in [-0.1, -0.05) is 0 Å². The van der Waals surface area contributed by atoms with Crippen molar-refractivity contribution in [3.8, 4) is 0 Å². The smallest absolute Gasteiger partial charge is 0.338 e. The molecule has 5 nitrogen and oxygen atoms in total. The molecule has 1 aromatic heterocycles. The number of rotatable bonds is 2. The van der Waals surface area contributed by atoms with Crippen LogP contribution in [0.5, 0.6) is 0 Å². The molecule has 0 aromatic carbocycles. The van der Waals surface area contributed by atoms with Gasteiger partial charge in [0.2, 0.25) is 0 Å². The second-order valence-corrected chi connectivity index (χ2v) is 4.68. The minimum Gasteiger partial charge on any atom is -0.465 e. The van der Waals surface area contributed by atoms with Gasteiger partial charge < -0.3 is 4.74 Å². The minimum absolute atomic E-state index is 0.111. The Morgan fingerprint density at radius 2 is 2.23 bits per heavy atom. The lowest BCUT2D eigenvalue weighted by Gasteiger charge is -1.91. The van der Waals surface area contributed by atoms with Crippen molar-refractivity contribution < 1.29 is 22.5 Å². The van der Waals surface area contributed by atoms with Crippen molar-refractivity contribution in [2.24, 2.45) is 0 Å². The zero-order chi connectivity index (χ0) is 10.1. The number of carbonyl (C=O) groups excluding carboxylic acids is 1. The molecular weight excluding hydrogens is 216 g/mol. The van der Waals surface area contributed by atoms with E-state index in [4.69, 9.17) is 4.55 Å². The summed E-state index contributed by atoms with van der Waals surface area (Å²) in [5.41, 5.74) is 0.111. The standard InChI is InChI=1S/C6H6O5S2/c1-11-6(7)4-2-5(12-3-4)13(8,9)10/h2-3H,1H3,(H,8,9,10). The molecule has 13 heavy (non-hydrogen) atoms. The van der Waals surface area contributed by atoms with Gasteiger partial charge in [0.1, 0.15) is 4.21 Å². The topological polar surface area (TPSA) is 80.7 Å². The Morgan fingerprint density at radius 3 is 2.62 bits per heavy atom. The molecule has 0 spiro atoms. The van der Waals surface area contributed by atoms with Gasteiger partial charge in [-0.15, -0.1) is 11.3 Å². The molecule has 0 radical (unpaired) electrons. The fourth-order valence-electron chi connectivity index (χ4n) is 0.677. The Bertz CT molecular complexity index is 416. The Morgan fingerprint density at radius 1 is 1.62 bits per heavy atom. The van der Waals surface area contributed by atoms with Gasteiger partial charge in [0.15, 0.2) is 0 Å². The highest BCUT2D eigenvalue weighted by Gasteiger charge is 2.16. The molecular formula is C6H6O5S2. The predicted octanol–water partition coefficient (Wildman–Crippen LogP) is 0.781. The molecule has 1 heterocycles. The molecule has 0 unspecified atom stereocenters. The van der Waals surface area contributed by atoms with Crippen LogP contribution in [0.2, 0.25) is 0 Å². The van der Waals surface area contributed by atoms with Crippen molar-refractivity contribution in [3.05, 3.63) is 17.0 Å². The van der Waals surface area contributed by atoms with E-state index in [-0.39, 0.29) is 9.77 Å². The molecule has 0 aliphatic heterocycles. The van der Waals surface area contributed by atoms with Crippen LogP contribution < -0.4 is 0 Å². The Balaban J connectivity index is 3.07. The van der Waals surface area contributed by atoms with Gasteiger partial charge in [-0.2, -0.15) is 8.42 Å². The molecule has 72 valence electrons. The maximum Gasteiger partial charge on any atom is 0.338 e. The van der Waals surface area contributed by atoms with Crippen LogP contribution in [0, 0.1) is 0 Å². The SMILES string of the molecule is COC(=O)c1csc(S(=O)(=O)O)c1. The molecule has 0 saturated heterocycles. The lowest BCUT2D eigenvalue weighted by molar-refractivity contribution is 0.0601. The lowest BCUT2D eigenvalue weighted by Crippen LogP contribution is -1.99. The Hall–Kier alpha value is -0.920. The van der Waals surface area contributed by atoms with Crippen LogP contribution in [0.15, 0.2) is 15.7 Å². The van der Waals surface area contributed by atoms with Gasteiger partial charge >= 0.3 is 16.1 Å². The quantitative estimate of drug-likeness (QED) is 0.590. The van der Waals surface area contributed by atoms with E-state index in [1.54, 1.807) is 0 Å². The molecule has 0 amide bonds. The minimum atomic E-state index is -4.21. The van der Waals surface area contributed by atoms with Gasteiger partial charge in [0.25, 0.3) is 0 Å². The number of thiophene rings is 1. The number of ether oxygens (including phenoxy) is 1. The van der Waals surface area contributed by atoms with E-state index in [2.05, 4.69) is 4.74 Å². The highest BCUT2D eigenvalue weighted by atomic mass is 32.3. The van der Waals surface area contributed by atoms with E-state index < -0.39 is 16.1 Å². The van der Waals surface area contributed by atoms with Gasteiger partial charge in [0, 0.05) is 5.38 Å². The number of esters is 1. The summed E-state index contributed by atoms with van der Waals surface area (Å²) in [6.07, 6.45) is 0. The van der Waals surface area contributed by atoms with Crippen molar-refractivity contribution in [1.29, 1.82) is 0 Å². The van der Waals surface area contributed by atoms with E-state index in [9.17, 15) is 13.2 Å². The summed E-state index contributed by atoms with van der Waals surface area (Å²) in [4.78, 5) is 10.9. The number of carbonyl (C=O) groups is 1. The predicted molar refractivity (Wildman–Crippen MR) is 45.5 cm³/mol. The summed E-state index contributed by atoms with van der Waals surface area (Å²) in [6.45, 7) is 0. The maximum absolute atomic E-state index is 10.9. The van der Waals surface area contributed by atoms with Crippen LogP contribution in [-0.2, 0) is 14.9 Å². The molecule has 0 aliphatic carbocycles. The molecule has 7 heteroatoms. The molecule has 0 saturated carbocycles. The highest BCUT2D eigenvalue weighted by Crippen LogP contribution is 2.20. The van der Waals surface area contributed by atoms with Crippen LogP contribution >= 0.6 is 11.3 Å². The first-order chi connectivity index (χ1) is 5.95. The molecule has 0 fully saturated rings. The van der Waals surface area contributed by atoms with Gasteiger partial charge in [0.05, 0.1) is 12.7 Å². The van der Waals surface area contributed by atoms with Crippen molar-refractivity contribution in [2.45, 2.75) is 4.21 Å². The zero-order valence-electron chi connectivity index (χ0n) is 6.55. The highest BCUT2D eigenvalue weighted by molar-refractivity contribution is 7.88. The van der Waals surface area contributed by atoms with Crippen LogP contribution in [0.3, 0.4) is 0 Å². The summed E-state index contributed by atoms with van der Waals surface area (Å²) in [6, 6.07) is 1.06. The summed E-state index contributed by atoms with van der Waals surface area (Å²) in [7, 11) is -3.03. The van der Waals surface area contributed by atoms with Crippen molar-refractivity contribution >= 4 is 27.4 Å². The van der Waals surface area contributed by atoms with Gasteiger partial charge in [-0.05, 0) is 6.07 Å². The van der Waals surface area contributed by atoms with E-state index in [1.165, 1.54) is 12.5 Å². The largest absolute Gasteiger partial charge is 0.465 e. The third-order valence-corrected chi connectivity index (χ3v) is 3.52. The summed E-state index contributed by atoms with van der Waals surface area (Å²) in [5, 5.41) is 1.30. The summed E-state index contributed by atoms with van der Waals surface area (Å²) >= 11 is 0.761. The first kappa shape index (κ1) is 10.2. The van der Waals surface area contributed by atoms with Crippen molar-refractivity contribution in [1.82, 2.24) is 0 Å². The molecule has 1 aromatic rings. The second-order valence-electron chi connectivity index (χ2n) is 2.12. The van der Waals surface area contributed by atoms with Gasteiger partial charge in [-0.25, -0.2) is 4.79 Å². The van der Waals surface area contributed by atoms with Crippen LogP contribution in [0.25, 0.3) is 0 Å². The third kappa shape index (κ3) is 2.27. The molecule has 0 bridgehead atoms. The molecule has 1 N–H and O–H groups in total. The first-order valence-corrected chi connectivity index (χ1v) is 5.41. The van der Waals surface area contributed by atoms with Gasteiger partial charge in [-0.3, -0.25) is 4.55 Å². The number of hydrogen-bond donors (Lipinski definition) is 1. The number of hydrogen-bond acceptors (Lipinski definition) is 5. The average Bonchev–Trinajstić information content (AvgIpc) is 2.50. The Labute approximate surface area is 78.7 Å². The van der Waals surface area contributed by atoms with Crippen LogP contribution in [-0.4, -0.2) is 26.0 Å².